The molecule has 0 saturated heterocycles. The zero-order valence-electron chi connectivity index (χ0n) is 14.2. The highest BCUT2D eigenvalue weighted by molar-refractivity contribution is 9.10. The monoisotopic (exact) mass is 467 g/mol. The van der Waals surface area contributed by atoms with Crippen LogP contribution in [0.3, 0.4) is 0 Å². The van der Waals surface area contributed by atoms with E-state index in [9.17, 15) is 10.2 Å². The summed E-state index contributed by atoms with van der Waals surface area (Å²) in [4.78, 5) is 2.41. The van der Waals surface area contributed by atoms with Crippen LogP contribution in [0.5, 0.6) is 11.5 Å². The summed E-state index contributed by atoms with van der Waals surface area (Å²) in [5.74, 6) is -0.0312. The summed E-state index contributed by atoms with van der Waals surface area (Å²) < 4.78 is 1.16. The van der Waals surface area contributed by atoms with Crippen molar-refractivity contribution in [3.63, 3.8) is 0 Å². The van der Waals surface area contributed by atoms with Crippen molar-refractivity contribution in [1.82, 2.24) is 4.90 Å². The van der Waals surface area contributed by atoms with Gasteiger partial charge in [-0.15, -0.1) is 17.0 Å². The molecule has 1 unspecified atom stereocenters. The second-order valence-corrected chi connectivity index (χ2v) is 8.02. The molecule has 134 valence electrons. The molecular weight excluding hydrogens is 446 g/mol. The van der Waals surface area contributed by atoms with E-state index in [1.54, 1.807) is 12.1 Å². The lowest BCUT2D eigenvalue weighted by molar-refractivity contribution is 0.0709. The fraction of sp³-hybridized carbons (Fsp3) is 0.400. The third kappa shape index (κ3) is 2.90. The third-order valence-corrected chi connectivity index (χ3v) is 6.58. The number of rotatable bonds is 2. The van der Waals surface area contributed by atoms with Gasteiger partial charge in [-0.3, -0.25) is 4.90 Å². The SMILES string of the molecule is Br.CN1CCc2cc(O)c(O)cc2C1C1(c2ccccc2Br)CCC1. The highest BCUT2D eigenvalue weighted by atomic mass is 79.9. The molecule has 0 radical (unpaired) electrons. The Morgan fingerprint density at radius 1 is 1.12 bits per heavy atom. The van der Waals surface area contributed by atoms with Crippen LogP contribution in [0.25, 0.3) is 0 Å². The van der Waals surface area contributed by atoms with E-state index >= 15 is 0 Å². The average Bonchev–Trinajstić information content (AvgIpc) is 2.52. The summed E-state index contributed by atoms with van der Waals surface area (Å²) in [5, 5.41) is 20.0. The van der Waals surface area contributed by atoms with Gasteiger partial charge in [-0.05, 0) is 61.2 Å². The summed E-state index contributed by atoms with van der Waals surface area (Å²) >= 11 is 3.75. The van der Waals surface area contributed by atoms with Crippen molar-refractivity contribution in [2.24, 2.45) is 0 Å². The number of aromatic hydroxyl groups is 2. The van der Waals surface area contributed by atoms with Crippen LogP contribution < -0.4 is 0 Å². The molecule has 3 nitrogen and oxygen atoms in total. The molecule has 0 bridgehead atoms. The van der Waals surface area contributed by atoms with Crippen molar-refractivity contribution in [2.45, 2.75) is 37.1 Å². The summed E-state index contributed by atoms with van der Waals surface area (Å²) in [7, 11) is 2.18. The maximum atomic E-state index is 10.1. The van der Waals surface area contributed by atoms with Gasteiger partial charge in [0, 0.05) is 22.5 Å². The van der Waals surface area contributed by atoms with E-state index in [4.69, 9.17) is 0 Å². The Morgan fingerprint density at radius 2 is 1.80 bits per heavy atom. The fourth-order valence-corrected chi connectivity index (χ4v) is 5.28. The van der Waals surface area contributed by atoms with Crippen LogP contribution in [0.4, 0.5) is 0 Å². The van der Waals surface area contributed by atoms with Gasteiger partial charge < -0.3 is 10.2 Å². The van der Waals surface area contributed by atoms with Crippen molar-refractivity contribution in [1.29, 1.82) is 0 Å². The highest BCUT2D eigenvalue weighted by Crippen LogP contribution is 2.57. The highest BCUT2D eigenvalue weighted by Gasteiger charge is 2.50. The molecule has 1 aliphatic heterocycles. The molecule has 0 spiro atoms. The van der Waals surface area contributed by atoms with E-state index in [-0.39, 0.29) is 39.9 Å². The summed E-state index contributed by atoms with van der Waals surface area (Å²) in [5.41, 5.74) is 3.74. The van der Waals surface area contributed by atoms with Gasteiger partial charge in [0.25, 0.3) is 0 Å². The molecule has 4 rings (SSSR count). The molecule has 2 aliphatic rings. The number of fused-ring (bicyclic) bond motifs is 1. The van der Waals surface area contributed by atoms with Gasteiger partial charge >= 0.3 is 0 Å². The number of hydrogen-bond acceptors (Lipinski definition) is 3. The number of benzene rings is 2. The zero-order valence-corrected chi connectivity index (χ0v) is 17.5. The van der Waals surface area contributed by atoms with Crippen molar-refractivity contribution in [3.8, 4) is 11.5 Å². The topological polar surface area (TPSA) is 43.7 Å². The van der Waals surface area contributed by atoms with Gasteiger partial charge in [-0.2, -0.15) is 0 Å². The lowest BCUT2D eigenvalue weighted by Gasteiger charge is -2.54. The normalized spacial score (nSPS) is 21.8. The van der Waals surface area contributed by atoms with Crippen molar-refractivity contribution in [3.05, 3.63) is 57.6 Å². The number of likely N-dealkylation sites (N-methyl/N-ethyl adjacent to an activating group) is 1. The largest absolute Gasteiger partial charge is 0.504 e. The molecule has 0 aromatic heterocycles. The second-order valence-electron chi connectivity index (χ2n) is 7.16. The van der Waals surface area contributed by atoms with Crippen LogP contribution >= 0.6 is 32.9 Å². The first-order valence-corrected chi connectivity index (χ1v) is 9.32. The molecular formula is C20H23Br2NO2. The van der Waals surface area contributed by atoms with Crippen molar-refractivity contribution in [2.75, 3.05) is 13.6 Å². The van der Waals surface area contributed by atoms with Gasteiger partial charge in [0.15, 0.2) is 11.5 Å². The Morgan fingerprint density at radius 3 is 2.44 bits per heavy atom. The lowest BCUT2D eigenvalue weighted by atomic mass is 9.57. The van der Waals surface area contributed by atoms with Crippen LogP contribution in [0, 0.1) is 0 Å². The molecule has 5 heteroatoms. The minimum Gasteiger partial charge on any atom is -0.504 e. The van der Waals surface area contributed by atoms with Crippen LogP contribution in [-0.4, -0.2) is 28.7 Å². The van der Waals surface area contributed by atoms with Gasteiger partial charge in [-0.1, -0.05) is 40.5 Å². The van der Waals surface area contributed by atoms with E-state index in [1.165, 1.54) is 12.0 Å². The number of hydrogen-bond donors (Lipinski definition) is 2. The van der Waals surface area contributed by atoms with Gasteiger partial charge in [0.1, 0.15) is 0 Å². The van der Waals surface area contributed by atoms with Crippen molar-refractivity contribution >= 4 is 32.9 Å². The minimum atomic E-state index is -0.0179. The Labute approximate surface area is 167 Å². The number of nitrogens with zero attached hydrogens (tertiary/aromatic N) is 1. The van der Waals surface area contributed by atoms with Crippen LogP contribution in [0.15, 0.2) is 40.9 Å². The molecule has 1 heterocycles. The summed E-state index contributed by atoms with van der Waals surface area (Å²) in [6.45, 7) is 0.966. The fourth-order valence-electron chi connectivity index (χ4n) is 4.60. The van der Waals surface area contributed by atoms with E-state index in [0.717, 1.165) is 41.4 Å². The number of halogens is 2. The van der Waals surface area contributed by atoms with Gasteiger partial charge in [0.2, 0.25) is 0 Å². The van der Waals surface area contributed by atoms with E-state index in [0.29, 0.717) is 0 Å². The van der Waals surface area contributed by atoms with Crippen LogP contribution in [0.2, 0.25) is 0 Å². The van der Waals surface area contributed by atoms with E-state index < -0.39 is 0 Å². The Kier molecular flexibility index (Phi) is 5.20. The maximum absolute atomic E-state index is 10.1. The molecule has 1 fully saturated rings. The smallest absolute Gasteiger partial charge is 0.157 e. The quantitative estimate of drug-likeness (QED) is 0.603. The number of phenols is 2. The van der Waals surface area contributed by atoms with Crippen LogP contribution in [-0.2, 0) is 11.8 Å². The van der Waals surface area contributed by atoms with E-state index in [2.05, 4.69) is 52.1 Å². The number of phenolic OH excluding ortho intramolecular Hbond substituents is 2. The first-order valence-electron chi connectivity index (χ1n) is 8.53. The first kappa shape index (κ1) is 18.7. The molecule has 2 N–H and O–H groups in total. The Hall–Kier alpha value is -1.04. The Balaban J connectivity index is 0.00000182. The predicted molar refractivity (Wildman–Crippen MR) is 109 cm³/mol. The predicted octanol–water partition coefficient (Wildman–Crippen LogP) is 5.09. The molecule has 0 amide bonds. The third-order valence-electron chi connectivity index (χ3n) is 5.89. The molecule has 1 atom stereocenters. The minimum absolute atomic E-state index is 0. The molecule has 1 saturated carbocycles. The lowest BCUT2D eigenvalue weighted by Crippen LogP contribution is -2.50. The summed E-state index contributed by atoms with van der Waals surface area (Å²) in [6.07, 6.45) is 4.42. The molecule has 25 heavy (non-hydrogen) atoms. The summed E-state index contributed by atoms with van der Waals surface area (Å²) in [6, 6.07) is 12.3. The standard InChI is InChI=1S/C20H22BrNO2.BrH/c1-22-10-7-13-11-17(23)18(24)12-14(13)19(22)20(8-4-9-20)15-5-2-3-6-16(15)21;/h2-3,5-6,11-12,19,23-24H,4,7-10H2,1H3;1H. The molecule has 1 aliphatic carbocycles. The second kappa shape index (κ2) is 6.93. The Bertz CT molecular complexity index is 789. The molecule has 2 aromatic carbocycles. The van der Waals surface area contributed by atoms with Crippen molar-refractivity contribution < 1.29 is 10.2 Å². The zero-order chi connectivity index (χ0) is 16.9. The van der Waals surface area contributed by atoms with Gasteiger partial charge in [-0.25, -0.2) is 0 Å². The van der Waals surface area contributed by atoms with E-state index in [1.807, 2.05) is 0 Å². The van der Waals surface area contributed by atoms with Gasteiger partial charge in [0.05, 0.1) is 0 Å². The van der Waals surface area contributed by atoms with Crippen LogP contribution in [0.1, 0.15) is 42.0 Å². The first-order chi connectivity index (χ1) is 11.5. The maximum Gasteiger partial charge on any atom is 0.157 e. The molecule has 2 aromatic rings. The average molecular weight is 469 g/mol.